The molecule has 0 saturated heterocycles. The normalized spacial score (nSPS) is 11.5. The molecule has 0 fully saturated rings. The van der Waals surface area contributed by atoms with Crippen LogP contribution < -0.4 is 5.32 Å². The second-order valence-corrected chi connectivity index (χ2v) is 7.18. The summed E-state index contributed by atoms with van der Waals surface area (Å²) in [5.74, 6) is -0.185. The van der Waals surface area contributed by atoms with E-state index in [1.807, 2.05) is 5.38 Å². The molecule has 0 radical (unpaired) electrons. The van der Waals surface area contributed by atoms with Crippen LogP contribution >= 0.6 is 22.7 Å². The van der Waals surface area contributed by atoms with E-state index >= 15 is 0 Å². The zero-order valence-electron chi connectivity index (χ0n) is 13.3. The van der Waals surface area contributed by atoms with E-state index in [1.165, 1.54) is 34.8 Å². The Bertz CT molecular complexity index is 861. The highest BCUT2D eigenvalue weighted by atomic mass is 32.1. The van der Waals surface area contributed by atoms with Gasteiger partial charge < -0.3 is 5.32 Å². The summed E-state index contributed by atoms with van der Waals surface area (Å²) >= 11 is 2.68. The van der Waals surface area contributed by atoms with Crippen molar-refractivity contribution in [2.45, 2.75) is 25.4 Å². The fourth-order valence-corrected chi connectivity index (χ4v) is 3.53. The number of amides is 1. The number of aromatic nitrogens is 3. The van der Waals surface area contributed by atoms with Crippen LogP contribution in [0.15, 0.2) is 35.2 Å². The van der Waals surface area contributed by atoms with E-state index in [-0.39, 0.29) is 12.3 Å². The highest BCUT2D eigenvalue weighted by molar-refractivity contribution is 7.15. The topological polar surface area (TPSA) is 67.8 Å². The molecule has 0 bridgehead atoms. The quantitative estimate of drug-likeness (QED) is 0.677. The van der Waals surface area contributed by atoms with Crippen molar-refractivity contribution in [1.29, 1.82) is 0 Å². The van der Waals surface area contributed by atoms with Crippen LogP contribution in [0.1, 0.15) is 28.2 Å². The van der Waals surface area contributed by atoms with E-state index in [0.29, 0.717) is 28.5 Å². The van der Waals surface area contributed by atoms with Gasteiger partial charge in [0.1, 0.15) is 5.01 Å². The molecule has 3 rings (SSSR count). The summed E-state index contributed by atoms with van der Waals surface area (Å²) in [5, 5.41) is 13.4. The van der Waals surface area contributed by atoms with Crippen molar-refractivity contribution in [3.05, 3.63) is 57.0 Å². The number of anilines is 1. The maximum Gasteiger partial charge on any atom is 0.416 e. The first-order chi connectivity index (χ1) is 12.4. The Kier molecular flexibility index (Phi) is 5.62. The van der Waals surface area contributed by atoms with Crippen LogP contribution in [0.4, 0.5) is 18.3 Å². The van der Waals surface area contributed by atoms with Gasteiger partial charge in [0.15, 0.2) is 0 Å². The maximum atomic E-state index is 12.6. The predicted molar refractivity (Wildman–Crippen MR) is 93.2 cm³/mol. The summed E-state index contributed by atoms with van der Waals surface area (Å²) in [6, 6.07) is 4.90. The lowest BCUT2D eigenvalue weighted by Crippen LogP contribution is -2.12. The van der Waals surface area contributed by atoms with Crippen molar-refractivity contribution in [3.63, 3.8) is 0 Å². The van der Waals surface area contributed by atoms with E-state index < -0.39 is 11.7 Å². The van der Waals surface area contributed by atoms with Gasteiger partial charge in [0.2, 0.25) is 11.0 Å². The number of hydrogen-bond donors (Lipinski definition) is 1. The summed E-state index contributed by atoms with van der Waals surface area (Å²) in [6.45, 7) is 0. The summed E-state index contributed by atoms with van der Waals surface area (Å²) in [7, 11) is 0. The molecule has 0 unspecified atom stereocenters. The molecule has 136 valence electrons. The zero-order valence-corrected chi connectivity index (χ0v) is 14.9. The van der Waals surface area contributed by atoms with E-state index in [1.54, 1.807) is 5.51 Å². The number of carbonyl (C=O) groups is 1. The van der Waals surface area contributed by atoms with Crippen molar-refractivity contribution in [1.82, 2.24) is 15.2 Å². The van der Waals surface area contributed by atoms with Crippen LogP contribution in [0.3, 0.4) is 0 Å². The minimum Gasteiger partial charge on any atom is -0.301 e. The highest BCUT2D eigenvalue weighted by Gasteiger charge is 2.29. The molecule has 1 N–H and O–H groups in total. The van der Waals surface area contributed by atoms with Gasteiger partial charge in [-0.3, -0.25) is 4.79 Å². The average Bonchev–Trinajstić information content (AvgIpc) is 3.25. The molecule has 2 heterocycles. The highest BCUT2D eigenvalue weighted by Crippen LogP contribution is 2.29. The molecule has 10 heteroatoms. The van der Waals surface area contributed by atoms with Gasteiger partial charge in [0, 0.05) is 18.2 Å². The first-order valence-corrected chi connectivity index (χ1v) is 9.31. The van der Waals surface area contributed by atoms with Crippen molar-refractivity contribution in [2.24, 2.45) is 0 Å². The fourth-order valence-electron chi connectivity index (χ4n) is 2.15. The molecular formula is C16H13F3N4OS2. The SMILES string of the molecule is O=C(CCc1cscn1)Nc1nnc(Cc2ccc(C(F)(F)F)cc2)s1. The third kappa shape index (κ3) is 5.09. The van der Waals surface area contributed by atoms with Crippen LogP contribution in [-0.4, -0.2) is 21.1 Å². The number of thiazole rings is 1. The van der Waals surface area contributed by atoms with Gasteiger partial charge in [0.25, 0.3) is 0 Å². The molecule has 0 saturated carbocycles. The largest absolute Gasteiger partial charge is 0.416 e. The standard InChI is InChI=1S/C16H13F3N4OS2/c17-16(18,19)11-3-1-10(2-4-11)7-14-22-23-15(26-14)21-13(24)6-5-12-8-25-9-20-12/h1-4,8-9H,5-7H2,(H,21,23,24). The number of benzene rings is 1. The number of aryl methyl sites for hydroxylation is 1. The first-order valence-electron chi connectivity index (χ1n) is 7.55. The number of halogens is 3. The zero-order chi connectivity index (χ0) is 18.6. The number of hydrogen-bond acceptors (Lipinski definition) is 6. The van der Waals surface area contributed by atoms with Gasteiger partial charge in [-0.25, -0.2) is 4.98 Å². The summed E-state index contributed by atoms with van der Waals surface area (Å²) < 4.78 is 37.7. The molecule has 1 aromatic carbocycles. The minimum absolute atomic E-state index is 0.185. The molecule has 0 spiro atoms. The number of nitrogens with zero attached hydrogens (tertiary/aromatic N) is 3. The molecule has 2 aromatic heterocycles. The summed E-state index contributed by atoms with van der Waals surface area (Å²) in [5.41, 5.74) is 2.58. The van der Waals surface area contributed by atoms with Gasteiger partial charge in [0.05, 0.1) is 16.8 Å². The second kappa shape index (κ2) is 7.92. The smallest absolute Gasteiger partial charge is 0.301 e. The Balaban J connectivity index is 1.53. The third-order valence-corrected chi connectivity index (χ3v) is 4.92. The molecule has 0 aliphatic rings. The lowest BCUT2D eigenvalue weighted by Gasteiger charge is -2.06. The van der Waals surface area contributed by atoms with Crippen molar-refractivity contribution in [3.8, 4) is 0 Å². The molecule has 0 aliphatic heterocycles. The van der Waals surface area contributed by atoms with E-state index in [4.69, 9.17) is 0 Å². The lowest BCUT2D eigenvalue weighted by molar-refractivity contribution is -0.137. The lowest BCUT2D eigenvalue weighted by atomic mass is 10.1. The summed E-state index contributed by atoms with van der Waals surface area (Å²) in [6.07, 6.45) is -3.16. The number of carbonyl (C=O) groups excluding carboxylic acids is 1. The van der Waals surface area contributed by atoms with Crippen LogP contribution in [0, 0.1) is 0 Å². The van der Waals surface area contributed by atoms with Gasteiger partial charge in [-0.15, -0.1) is 21.5 Å². The number of nitrogens with one attached hydrogen (secondary N) is 1. The third-order valence-electron chi connectivity index (χ3n) is 3.44. The number of rotatable bonds is 6. The van der Waals surface area contributed by atoms with Gasteiger partial charge in [-0.05, 0) is 24.1 Å². The molecule has 26 heavy (non-hydrogen) atoms. The van der Waals surface area contributed by atoms with Crippen LogP contribution in [0.2, 0.25) is 0 Å². The monoisotopic (exact) mass is 398 g/mol. The molecule has 3 aromatic rings. The van der Waals surface area contributed by atoms with E-state index in [0.717, 1.165) is 17.8 Å². The van der Waals surface area contributed by atoms with E-state index in [2.05, 4.69) is 20.5 Å². The summed E-state index contributed by atoms with van der Waals surface area (Å²) in [4.78, 5) is 16.0. The first kappa shape index (κ1) is 18.5. The van der Waals surface area contributed by atoms with Crippen LogP contribution in [0.25, 0.3) is 0 Å². The maximum absolute atomic E-state index is 12.6. The predicted octanol–water partition coefficient (Wildman–Crippen LogP) is 4.18. The minimum atomic E-state index is -4.35. The fraction of sp³-hybridized carbons (Fsp3) is 0.250. The van der Waals surface area contributed by atoms with E-state index in [9.17, 15) is 18.0 Å². The van der Waals surface area contributed by atoms with Gasteiger partial charge in [-0.1, -0.05) is 23.5 Å². The van der Waals surface area contributed by atoms with Crippen LogP contribution in [0.5, 0.6) is 0 Å². The second-order valence-electron chi connectivity index (χ2n) is 5.40. The Labute approximate surface area is 154 Å². The van der Waals surface area contributed by atoms with Crippen molar-refractivity contribution in [2.75, 3.05) is 5.32 Å². The number of alkyl halides is 3. The Morgan fingerprint density at radius 3 is 2.58 bits per heavy atom. The van der Waals surface area contributed by atoms with Crippen LogP contribution in [-0.2, 0) is 23.8 Å². The molecule has 0 atom stereocenters. The van der Waals surface area contributed by atoms with Gasteiger partial charge >= 0.3 is 6.18 Å². The van der Waals surface area contributed by atoms with Crippen molar-refractivity contribution < 1.29 is 18.0 Å². The molecule has 5 nitrogen and oxygen atoms in total. The molecular weight excluding hydrogens is 385 g/mol. The van der Waals surface area contributed by atoms with Crippen molar-refractivity contribution >= 4 is 33.7 Å². The van der Waals surface area contributed by atoms with Gasteiger partial charge in [-0.2, -0.15) is 13.2 Å². The Morgan fingerprint density at radius 2 is 1.92 bits per heavy atom. The average molecular weight is 398 g/mol. The molecule has 0 aliphatic carbocycles. The Hall–Kier alpha value is -2.33. The molecule has 1 amide bonds. The Morgan fingerprint density at radius 1 is 1.15 bits per heavy atom.